The fourth-order valence-electron chi connectivity index (χ4n) is 4.69. The number of carbonyl (C=O) groups excluding carboxylic acids is 2. The van der Waals surface area contributed by atoms with Crippen LogP contribution in [-0.4, -0.2) is 42.3 Å². The molecule has 0 saturated heterocycles. The average Bonchev–Trinajstić information content (AvgIpc) is 3.62. The van der Waals surface area contributed by atoms with Gasteiger partial charge < -0.3 is 20.5 Å². The molecule has 2 unspecified atom stereocenters. The molecule has 2 aromatic carbocycles. The molecule has 2 aromatic rings. The lowest BCUT2D eigenvalue weighted by molar-refractivity contribution is -0.137. The summed E-state index contributed by atoms with van der Waals surface area (Å²) in [6.07, 6.45) is 2.34. The normalized spacial score (nSPS) is 16.1. The SMILES string of the molecule is CC(CCC(=O)NC(CC(=O)O)C1CC1)CNC(=O)OCC1c2ccccc2-c2ccccc21. The van der Waals surface area contributed by atoms with Crippen LogP contribution in [0.3, 0.4) is 0 Å². The van der Waals surface area contributed by atoms with Crippen LogP contribution in [-0.2, 0) is 14.3 Å². The molecule has 2 aliphatic rings. The van der Waals surface area contributed by atoms with Gasteiger partial charge in [-0.25, -0.2) is 4.79 Å². The second kappa shape index (κ2) is 10.7. The Kier molecular flexibility index (Phi) is 7.50. The highest BCUT2D eigenvalue weighted by atomic mass is 16.5. The Morgan fingerprint density at radius 1 is 1.03 bits per heavy atom. The lowest BCUT2D eigenvalue weighted by atomic mass is 9.98. The van der Waals surface area contributed by atoms with E-state index in [-0.39, 0.29) is 42.7 Å². The molecule has 180 valence electrons. The number of hydrogen-bond donors (Lipinski definition) is 3. The van der Waals surface area contributed by atoms with E-state index in [0.29, 0.717) is 19.4 Å². The Morgan fingerprint density at radius 2 is 1.65 bits per heavy atom. The summed E-state index contributed by atoms with van der Waals surface area (Å²) in [5.41, 5.74) is 4.71. The summed E-state index contributed by atoms with van der Waals surface area (Å²) in [5.74, 6) is -0.633. The van der Waals surface area contributed by atoms with Gasteiger partial charge in [0, 0.05) is 24.9 Å². The number of hydrogen-bond acceptors (Lipinski definition) is 4. The van der Waals surface area contributed by atoms with Crippen LogP contribution in [0.5, 0.6) is 0 Å². The number of carboxylic acids is 1. The third-order valence-corrected chi connectivity index (χ3v) is 6.73. The van der Waals surface area contributed by atoms with Crippen molar-refractivity contribution in [2.45, 2.75) is 51.0 Å². The number of benzene rings is 2. The molecule has 4 rings (SSSR count). The van der Waals surface area contributed by atoms with Crippen molar-refractivity contribution in [1.29, 1.82) is 0 Å². The van der Waals surface area contributed by atoms with Gasteiger partial charge >= 0.3 is 12.1 Å². The van der Waals surface area contributed by atoms with E-state index < -0.39 is 12.1 Å². The highest BCUT2D eigenvalue weighted by Gasteiger charge is 2.33. The summed E-state index contributed by atoms with van der Waals surface area (Å²) in [7, 11) is 0. The maximum atomic E-state index is 12.3. The molecule has 7 heteroatoms. The van der Waals surface area contributed by atoms with Gasteiger partial charge in [0.15, 0.2) is 0 Å². The fourth-order valence-corrected chi connectivity index (χ4v) is 4.69. The number of amides is 2. The van der Waals surface area contributed by atoms with Crippen molar-refractivity contribution in [2.24, 2.45) is 11.8 Å². The van der Waals surface area contributed by atoms with Crippen molar-refractivity contribution in [3.05, 3.63) is 59.7 Å². The predicted octanol–water partition coefficient (Wildman–Crippen LogP) is 4.31. The van der Waals surface area contributed by atoms with Crippen LogP contribution in [0.25, 0.3) is 11.1 Å². The van der Waals surface area contributed by atoms with Crippen molar-refractivity contribution in [2.75, 3.05) is 13.2 Å². The molecule has 0 spiro atoms. The van der Waals surface area contributed by atoms with Gasteiger partial charge in [-0.05, 0) is 53.4 Å². The second-order valence-corrected chi connectivity index (χ2v) is 9.46. The molecular weight excluding hydrogens is 432 g/mol. The minimum Gasteiger partial charge on any atom is -0.481 e. The number of carboxylic acid groups (broad SMARTS) is 1. The van der Waals surface area contributed by atoms with Crippen LogP contribution in [0, 0.1) is 11.8 Å². The van der Waals surface area contributed by atoms with E-state index in [4.69, 9.17) is 9.84 Å². The molecular formula is C27H32N2O5. The summed E-state index contributed by atoms with van der Waals surface area (Å²) in [5, 5.41) is 14.7. The quantitative estimate of drug-likeness (QED) is 0.460. The predicted molar refractivity (Wildman–Crippen MR) is 128 cm³/mol. The highest BCUT2D eigenvalue weighted by molar-refractivity contribution is 5.79. The van der Waals surface area contributed by atoms with Gasteiger partial charge in [0.1, 0.15) is 6.61 Å². The van der Waals surface area contributed by atoms with Gasteiger partial charge in [-0.2, -0.15) is 0 Å². The molecule has 7 nitrogen and oxygen atoms in total. The van der Waals surface area contributed by atoms with Crippen LogP contribution in [0.2, 0.25) is 0 Å². The number of aliphatic carboxylic acids is 1. The van der Waals surface area contributed by atoms with E-state index in [0.717, 1.165) is 12.8 Å². The molecule has 0 radical (unpaired) electrons. The van der Waals surface area contributed by atoms with Crippen molar-refractivity contribution in [3.8, 4) is 11.1 Å². The standard InChI is InChI=1S/C27H32N2O5/c1-17(10-13-25(30)29-24(14-26(31)32)18-11-12-18)15-28-27(33)34-16-23-21-8-4-2-6-19(21)20-7-3-5-9-22(20)23/h2-9,17-18,23-24H,10-16H2,1H3,(H,28,33)(H,29,30)(H,31,32). The van der Waals surface area contributed by atoms with Crippen molar-refractivity contribution in [3.63, 3.8) is 0 Å². The fraction of sp³-hybridized carbons (Fsp3) is 0.444. The molecule has 1 saturated carbocycles. The van der Waals surface area contributed by atoms with Gasteiger partial charge in [-0.15, -0.1) is 0 Å². The van der Waals surface area contributed by atoms with E-state index in [1.165, 1.54) is 22.3 Å². The number of alkyl carbamates (subject to hydrolysis) is 1. The Hall–Kier alpha value is -3.35. The Morgan fingerprint density at radius 3 is 2.24 bits per heavy atom. The first kappa shape index (κ1) is 23.8. The lowest BCUT2D eigenvalue weighted by Crippen LogP contribution is -2.38. The van der Waals surface area contributed by atoms with Crippen LogP contribution >= 0.6 is 0 Å². The number of carbonyl (C=O) groups is 3. The summed E-state index contributed by atoms with van der Waals surface area (Å²) in [6.45, 7) is 2.64. The monoisotopic (exact) mass is 464 g/mol. The molecule has 2 aliphatic carbocycles. The van der Waals surface area contributed by atoms with Gasteiger partial charge in [0.05, 0.1) is 6.42 Å². The van der Waals surface area contributed by atoms with Crippen LogP contribution in [0.4, 0.5) is 4.79 Å². The maximum Gasteiger partial charge on any atom is 0.407 e. The molecule has 34 heavy (non-hydrogen) atoms. The van der Waals surface area contributed by atoms with Crippen molar-refractivity contribution < 1.29 is 24.2 Å². The molecule has 2 atom stereocenters. The van der Waals surface area contributed by atoms with Crippen LogP contribution < -0.4 is 10.6 Å². The van der Waals surface area contributed by atoms with Crippen molar-refractivity contribution in [1.82, 2.24) is 10.6 Å². The maximum absolute atomic E-state index is 12.3. The minimum absolute atomic E-state index is 0.0180. The lowest BCUT2D eigenvalue weighted by Gasteiger charge is -2.18. The Balaban J connectivity index is 1.19. The van der Waals surface area contributed by atoms with E-state index >= 15 is 0 Å². The van der Waals surface area contributed by atoms with Gasteiger partial charge in [0.2, 0.25) is 5.91 Å². The topological polar surface area (TPSA) is 105 Å². The van der Waals surface area contributed by atoms with E-state index in [9.17, 15) is 14.4 Å². The Bertz CT molecular complexity index is 1000. The molecule has 0 bridgehead atoms. The van der Waals surface area contributed by atoms with Gasteiger partial charge in [0.25, 0.3) is 0 Å². The first-order valence-electron chi connectivity index (χ1n) is 12.0. The third-order valence-electron chi connectivity index (χ3n) is 6.73. The molecule has 0 aromatic heterocycles. The highest BCUT2D eigenvalue weighted by Crippen LogP contribution is 2.44. The molecule has 0 heterocycles. The molecule has 3 N–H and O–H groups in total. The van der Waals surface area contributed by atoms with E-state index in [1.54, 1.807) is 0 Å². The number of nitrogens with one attached hydrogen (secondary N) is 2. The van der Waals surface area contributed by atoms with Gasteiger partial charge in [-0.3, -0.25) is 9.59 Å². The summed E-state index contributed by atoms with van der Waals surface area (Å²) in [6, 6.07) is 16.1. The summed E-state index contributed by atoms with van der Waals surface area (Å²) >= 11 is 0. The number of rotatable bonds is 11. The Labute approximate surface area is 199 Å². The zero-order chi connectivity index (χ0) is 24.1. The number of fused-ring (bicyclic) bond motifs is 3. The largest absolute Gasteiger partial charge is 0.481 e. The average molecular weight is 465 g/mol. The summed E-state index contributed by atoms with van der Waals surface area (Å²) < 4.78 is 5.55. The zero-order valence-corrected chi connectivity index (χ0v) is 19.5. The summed E-state index contributed by atoms with van der Waals surface area (Å²) in [4.78, 5) is 35.6. The van der Waals surface area contributed by atoms with E-state index in [2.05, 4.69) is 34.9 Å². The van der Waals surface area contributed by atoms with Crippen LogP contribution in [0.1, 0.15) is 56.1 Å². The van der Waals surface area contributed by atoms with E-state index in [1.807, 2.05) is 31.2 Å². The zero-order valence-electron chi connectivity index (χ0n) is 19.5. The molecule has 0 aliphatic heterocycles. The third kappa shape index (κ3) is 5.95. The van der Waals surface area contributed by atoms with Crippen molar-refractivity contribution >= 4 is 18.0 Å². The second-order valence-electron chi connectivity index (χ2n) is 9.46. The first-order valence-corrected chi connectivity index (χ1v) is 12.0. The van der Waals surface area contributed by atoms with Gasteiger partial charge in [-0.1, -0.05) is 55.5 Å². The van der Waals surface area contributed by atoms with Crippen LogP contribution in [0.15, 0.2) is 48.5 Å². The molecule has 2 amide bonds. The number of ether oxygens (including phenoxy) is 1. The first-order chi connectivity index (χ1) is 16.4. The molecule has 1 fully saturated rings. The minimum atomic E-state index is -0.891. The smallest absolute Gasteiger partial charge is 0.407 e.